The lowest BCUT2D eigenvalue weighted by atomic mass is 9.93. The van der Waals surface area contributed by atoms with Crippen molar-refractivity contribution in [1.82, 2.24) is 20.2 Å². The second kappa shape index (κ2) is 12.3. The largest absolute Gasteiger partial charge is 0.373 e. The number of ether oxygens (including phenoxy) is 1. The molecule has 1 aliphatic heterocycles. The van der Waals surface area contributed by atoms with E-state index in [1.165, 1.54) is 12.8 Å². The van der Waals surface area contributed by atoms with Crippen LogP contribution in [-0.2, 0) is 11.3 Å². The van der Waals surface area contributed by atoms with Gasteiger partial charge in [0.25, 0.3) is 5.91 Å². The summed E-state index contributed by atoms with van der Waals surface area (Å²) in [5, 5.41) is 6.30. The number of aromatic nitrogens is 2. The molecule has 0 aliphatic carbocycles. The van der Waals surface area contributed by atoms with Gasteiger partial charge in [0.1, 0.15) is 7.85 Å². The normalized spacial score (nSPS) is 13.5. The summed E-state index contributed by atoms with van der Waals surface area (Å²) in [4.78, 5) is 24.2. The van der Waals surface area contributed by atoms with E-state index in [2.05, 4.69) is 38.1 Å². The Morgan fingerprint density at radius 2 is 2.03 bits per heavy atom. The Morgan fingerprint density at radius 1 is 1.17 bits per heavy atom. The number of likely N-dealkylation sites (tertiary alicyclic amines) is 1. The van der Waals surface area contributed by atoms with Crippen LogP contribution in [0.2, 0.25) is 0 Å². The van der Waals surface area contributed by atoms with Crippen molar-refractivity contribution in [2.75, 3.05) is 38.1 Å². The Morgan fingerprint density at radius 3 is 2.86 bits per heavy atom. The summed E-state index contributed by atoms with van der Waals surface area (Å²) in [6.45, 7) is 8.50. The molecule has 3 aromatic rings. The van der Waals surface area contributed by atoms with E-state index >= 15 is 0 Å². The van der Waals surface area contributed by atoms with E-state index in [0.29, 0.717) is 31.3 Å². The molecule has 8 heteroatoms. The average Bonchev–Trinajstić information content (AvgIpc) is 3.38. The maximum absolute atomic E-state index is 12.7. The van der Waals surface area contributed by atoms with Gasteiger partial charge in [0, 0.05) is 36.1 Å². The maximum atomic E-state index is 12.7. The summed E-state index contributed by atoms with van der Waals surface area (Å²) < 4.78 is 5.56. The minimum Gasteiger partial charge on any atom is -0.373 e. The Kier molecular flexibility index (Phi) is 8.65. The summed E-state index contributed by atoms with van der Waals surface area (Å²) in [7, 11) is 1.98. The van der Waals surface area contributed by atoms with Gasteiger partial charge in [-0.15, -0.1) is 6.58 Å². The van der Waals surface area contributed by atoms with Crippen molar-refractivity contribution in [1.29, 1.82) is 0 Å². The Bertz CT molecular complexity index is 1160. The first-order valence-electron chi connectivity index (χ1n) is 12.1. The second-order valence-corrected chi connectivity index (χ2v) is 8.79. The molecular formula is C27H32BN5O2. The van der Waals surface area contributed by atoms with E-state index in [-0.39, 0.29) is 5.91 Å². The predicted molar refractivity (Wildman–Crippen MR) is 143 cm³/mol. The van der Waals surface area contributed by atoms with Gasteiger partial charge in [0.15, 0.2) is 0 Å². The molecule has 0 radical (unpaired) electrons. The number of benzene rings is 2. The van der Waals surface area contributed by atoms with Crippen molar-refractivity contribution in [3.05, 3.63) is 78.5 Å². The highest BCUT2D eigenvalue weighted by atomic mass is 16.5. The quantitative estimate of drug-likeness (QED) is 0.256. The van der Waals surface area contributed by atoms with Crippen molar-refractivity contribution in [3.8, 4) is 11.3 Å². The van der Waals surface area contributed by atoms with Gasteiger partial charge >= 0.3 is 0 Å². The molecule has 0 atom stereocenters. The first kappa shape index (κ1) is 24.6. The molecule has 0 bridgehead atoms. The van der Waals surface area contributed by atoms with Gasteiger partial charge in [-0.05, 0) is 55.8 Å². The standard InChI is InChI=1S/C27H32BN5O2/c1-2-14-35-19-20-6-5-7-21(15-20)25-8-9-30-27(32-25)31-24-17-22(16-23(28)18-24)26(34)29-10-13-33-11-3-4-12-33/h2,5-9,15-18H,1,3-4,10-14,19,28H2,(H,29,34)(H,30,31,32). The molecule has 1 aliphatic rings. The highest BCUT2D eigenvalue weighted by molar-refractivity contribution is 6.33. The van der Waals surface area contributed by atoms with Crippen molar-refractivity contribution in [3.63, 3.8) is 0 Å². The van der Waals surface area contributed by atoms with Crippen LogP contribution in [0.15, 0.2) is 67.4 Å². The number of amides is 1. The zero-order valence-corrected chi connectivity index (χ0v) is 20.3. The van der Waals surface area contributed by atoms with Crippen LogP contribution in [-0.4, -0.2) is 61.4 Å². The molecule has 7 nitrogen and oxygen atoms in total. The molecule has 0 saturated carbocycles. The van der Waals surface area contributed by atoms with Crippen LogP contribution in [0.5, 0.6) is 0 Å². The fourth-order valence-corrected chi connectivity index (χ4v) is 4.21. The Balaban J connectivity index is 1.42. The number of nitrogens with zero attached hydrogens (tertiary/aromatic N) is 3. The number of anilines is 2. The highest BCUT2D eigenvalue weighted by Crippen LogP contribution is 2.21. The Labute approximate surface area is 208 Å². The van der Waals surface area contributed by atoms with Crippen LogP contribution in [0.1, 0.15) is 28.8 Å². The fraction of sp³-hybridized carbons (Fsp3) is 0.296. The van der Waals surface area contributed by atoms with E-state index in [9.17, 15) is 4.79 Å². The van der Waals surface area contributed by atoms with Crippen LogP contribution in [0.3, 0.4) is 0 Å². The molecule has 1 saturated heterocycles. The first-order valence-corrected chi connectivity index (χ1v) is 12.1. The lowest BCUT2D eigenvalue weighted by Crippen LogP contribution is -2.33. The first-order chi connectivity index (χ1) is 17.1. The van der Waals surface area contributed by atoms with Gasteiger partial charge < -0.3 is 20.3 Å². The van der Waals surface area contributed by atoms with Crippen molar-refractivity contribution in [2.24, 2.45) is 0 Å². The fourth-order valence-electron chi connectivity index (χ4n) is 4.21. The van der Waals surface area contributed by atoms with Crippen LogP contribution in [0.25, 0.3) is 11.3 Å². The van der Waals surface area contributed by atoms with Crippen LogP contribution in [0.4, 0.5) is 11.6 Å². The zero-order chi connectivity index (χ0) is 24.5. The van der Waals surface area contributed by atoms with Gasteiger partial charge in [-0.2, -0.15) is 0 Å². The van der Waals surface area contributed by atoms with Crippen LogP contribution < -0.4 is 16.1 Å². The third-order valence-corrected chi connectivity index (χ3v) is 5.89. The average molecular weight is 469 g/mol. The van der Waals surface area contributed by atoms with Crippen LogP contribution in [0, 0.1) is 0 Å². The molecule has 2 aromatic carbocycles. The number of hydrogen-bond donors (Lipinski definition) is 2. The van der Waals surface area contributed by atoms with Crippen molar-refractivity contribution in [2.45, 2.75) is 19.4 Å². The molecule has 180 valence electrons. The summed E-state index contributed by atoms with van der Waals surface area (Å²) in [6, 6.07) is 15.7. The summed E-state index contributed by atoms with van der Waals surface area (Å²) in [6.07, 6.45) is 5.97. The van der Waals surface area contributed by atoms with Gasteiger partial charge in [-0.3, -0.25) is 4.79 Å². The SMILES string of the molecule is Bc1cc(Nc2nccc(-c3cccc(COCC=C)c3)n2)cc(C(=O)NCCN2CCCC2)c1. The summed E-state index contributed by atoms with van der Waals surface area (Å²) in [5.74, 6) is 0.405. The molecule has 0 spiro atoms. The van der Waals surface area contributed by atoms with Gasteiger partial charge in [0.2, 0.25) is 5.95 Å². The van der Waals surface area contributed by atoms with E-state index in [1.807, 2.05) is 50.3 Å². The number of carbonyl (C=O) groups is 1. The van der Waals surface area contributed by atoms with E-state index < -0.39 is 0 Å². The Hall–Kier alpha value is -3.49. The third-order valence-electron chi connectivity index (χ3n) is 5.89. The molecule has 1 fully saturated rings. The lowest BCUT2D eigenvalue weighted by molar-refractivity contribution is 0.0950. The van der Waals surface area contributed by atoms with Gasteiger partial charge in [-0.1, -0.05) is 35.8 Å². The topological polar surface area (TPSA) is 79.4 Å². The van der Waals surface area contributed by atoms with E-state index in [0.717, 1.165) is 47.6 Å². The zero-order valence-electron chi connectivity index (χ0n) is 20.3. The third kappa shape index (κ3) is 7.25. The number of hydrogen-bond acceptors (Lipinski definition) is 6. The lowest BCUT2D eigenvalue weighted by Gasteiger charge is -2.15. The van der Waals surface area contributed by atoms with Crippen molar-refractivity contribution >= 4 is 30.9 Å². The minimum absolute atomic E-state index is 0.0684. The number of nitrogens with one attached hydrogen (secondary N) is 2. The monoisotopic (exact) mass is 469 g/mol. The molecule has 0 unspecified atom stereocenters. The van der Waals surface area contributed by atoms with Gasteiger partial charge in [0.05, 0.1) is 18.9 Å². The molecule has 2 N–H and O–H groups in total. The number of carbonyl (C=O) groups excluding carboxylic acids is 1. The van der Waals surface area contributed by atoms with Crippen LogP contribution >= 0.6 is 0 Å². The molecule has 4 rings (SSSR count). The minimum atomic E-state index is -0.0684. The van der Waals surface area contributed by atoms with E-state index in [1.54, 1.807) is 12.3 Å². The number of rotatable bonds is 11. The molecule has 2 heterocycles. The second-order valence-electron chi connectivity index (χ2n) is 8.79. The molecular weight excluding hydrogens is 437 g/mol. The molecule has 1 aromatic heterocycles. The molecule has 1 amide bonds. The summed E-state index contributed by atoms with van der Waals surface area (Å²) >= 11 is 0. The van der Waals surface area contributed by atoms with E-state index in [4.69, 9.17) is 4.74 Å². The maximum Gasteiger partial charge on any atom is 0.251 e. The smallest absolute Gasteiger partial charge is 0.251 e. The van der Waals surface area contributed by atoms with Gasteiger partial charge in [-0.25, -0.2) is 9.97 Å². The van der Waals surface area contributed by atoms with Crippen molar-refractivity contribution < 1.29 is 9.53 Å². The summed E-state index contributed by atoms with van der Waals surface area (Å²) in [5.41, 5.74) is 5.24. The highest BCUT2D eigenvalue weighted by Gasteiger charge is 2.13. The molecule has 35 heavy (non-hydrogen) atoms. The predicted octanol–water partition coefficient (Wildman–Crippen LogP) is 2.67.